The summed E-state index contributed by atoms with van der Waals surface area (Å²) in [7, 11) is -3.72. The number of anilines is 1. The number of aromatic nitrogens is 5. The van der Waals surface area contributed by atoms with Crippen LogP contribution < -0.4 is 15.6 Å². The molecule has 0 atom stereocenters. The summed E-state index contributed by atoms with van der Waals surface area (Å²) in [6.07, 6.45) is 7.30. The van der Waals surface area contributed by atoms with Crippen molar-refractivity contribution in [2.45, 2.75) is 6.54 Å². The van der Waals surface area contributed by atoms with Crippen LogP contribution in [-0.2, 0) is 16.6 Å². The minimum atomic E-state index is -3.72. The maximum absolute atomic E-state index is 12.9. The first-order valence-electron chi connectivity index (χ1n) is 11.6. The molecule has 0 aliphatic carbocycles. The van der Waals surface area contributed by atoms with Gasteiger partial charge in [-0.15, -0.1) is 11.3 Å². The van der Waals surface area contributed by atoms with Gasteiger partial charge in [-0.3, -0.25) is 14.1 Å². The zero-order valence-corrected chi connectivity index (χ0v) is 22.0. The summed E-state index contributed by atoms with van der Waals surface area (Å²) < 4.78 is 33.3. The van der Waals surface area contributed by atoms with Crippen LogP contribution in [0.4, 0.5) is 5.69 Å². The molecule has 0 unspecified atom stereocenters. The van der Waals surface area contributed by atoms with Crippen molar-refractivity contribution < 1.29 is 12.8 Å². The fraction of sp³-hybridized carbons (Fsp3) is 0.0769. The molecule has 0 aliphatic heterocycles. The highest BCUT2D eigenvalue weighted by molar-refractivity contribution is 7.92. The Kier molecular flexibility index (Phi) is 6.00. The number of rotatable bonds is 7. The summed E-state index contributed by atoms with van der Waals surface area (Å²) in [5, 5.41) is 1.13. The van der Waals surface area contributed by atoms with Crippen LogP contribution in [0.5, 0.6) is 0 Å². The Morgan fingerprint density at radius 2 is 1.87 bits per heavy atom. The van der Waals surface area contributed by atoms with Gasteiger partial charge in [0.2, 0.25) is 10.0 Å². The average Bonchev–Trinajstić information content (AvgIpc) is 3.66. The maximum Gasteiger partial charge on any atom is 0.325 e. The summed E-state index contributed by atoms with van der Waals surface area (Å²) >= 11 is 1.16. The largest absolute Gasteiger partial charge is 0.455 e. The highest BCUT2D eigenvalue weighted by Crippen LogP contribution is 2.41. The molecule has 6 rings (SSSR count). The number of aromatic amines is 3. The smallest absolute Gasteiger partial charge is 0.325 e. The number of sulfonamides is 1. The zero-order valence-electron chi connectivity index (χ0n) is 20.3. The van der Waals surface area contributed by atoms with Crippen LogP contribution >= 0.6 is 11.3 Å². The monoisotopic (exact) mass is 560 g/mol. The van der Waals surface area contributed by atoms with Crippen molar-refractivity contribution in [1.82, 2.24) is 24.9 Å². The molecule has 196 valence electrons. The molecule has 0 saturated heterocycles. The van der Waals surface area contributed by atoms with Gasteiger partial charge in [0.05, 0.1) is 29.6 Å². The zero-order chi connectivity index (χ0) is 27.1. The second-order valence-electron chi connectivity index (χ2n) is 8.68. The standard InChI is InChI=1S/C26H20N6O5S2/c1-39(35,36)32(14-17-12-29-25(38-17)19-13-30-26(34)31-24(19)33)16-7-8-18-20(11-16)37-22(15-5-3-2-4-6-15)21(18)23-27-9-10-28-23/h2-13H,14H2,1H3,(H,27,28)(H2,30,31,33,34). The fourth-order valence-electron chi connectivity index (χ4n) is 4.29. The van der Waals surface area contributed by atoms with Gasteiger partial charge in [0.15, 0.2) is 0 Å². The highest BCUT2D eigenvalue weighted by Gasteiger charge is 2.24. The first kappa shape index (κ1) is 24.6. The van der Waals surface area contributed by atoms with E-state index in [2.05, 4.69) is 24.9 Å². The van der Waals surface area contributed by atoms with Gasteiger partial charge in [-0.2, -0.15) is 0 Å². The lowest BCUT2D eigenvalue weighted by Gasteiger charge is -2.21. The van der Waals surface area contributed by atoms with Crippen molar-refractivity contribution in [3.05, 3.63) is 99.0 Å². The van der Waals surface area contributed by atoms with Crippen molar-refractivity contribution in [3.8, 4) is 33.3 Å². The third-order valence-corrected chi connectivity index (χ3v) is 8.19. The van der Waals surface area contributed by atoms with Gasteiger partial charge < -0.3 is 14.4 Å². The first-order chi connectivity index (χ1) is 18.8. The van der Waals surface area contributed by atoms with Crippen LogP contribution in [0.15, 0.2) is 87.3 Å². The normalized spacial score (nSPS) is 11.7. The van der Waals surface area contributed by atoms with Gasteiger partial charge in [-0.05, 0) is 12.1 Å². The van der Waals surface area contributed by atoms with E-state index in [1.807, 2.05) is 36.4 Å². The minimum Gasteiger partial charge on any atom is -0.455 e. The third kappa shape index (κ3) is 4.69. The molecule has 2 aromatic carbocycles. The van der Waals surface area contributed by atoms with E-state index in [1.165, 1.54) is 16.7 Å². The molecular weight excluding hydrogens is 540 g/mol. The molecule has 0 spiro atoms. The molecule has 0 radical (unpaired) electrons. The number of hydrogen-bond donors (Lipinski definition) is 3. The molecule has 11 nitrogen and oxygen atoms in total. The van der Waals surface area contributed by atoms with Crippen LogP contribution in [0.3, 0.4) is 0 Å². The van der Waals surface area contributed by atoms with Gasteiger partial charge in [-0.1, -0.05) is 30.3 Å². The summed E-state index contributed by atoms with van der Waals surface area (Å²) in [6.45, 7) is -0.0133. The molecule has 0 saturated carbocycles. The average molecular weight is 561 g/mol. The van der Waals surface area contributed by atoms with E-state index >= 15 is 0 Å². The van der Waals surface area contributed by atoms with Gasteiger partial charge in [0.25, 0.3) is 5.56 Å². The van der Waals surface area contributed by atoms with Crippen molar-refractivity contribution in [2.24, 2.45) is 0 Å². The van der Waals surface area contributed by atoms with E-state index in [4.69, 9.17) is 4.42 Å². The predicted octanol–water partition coefficient (Wildman–Crippen LogP) is 3.96. The molecule has 0 bridgehead atoms. The summed E-state index contributed by atoms with van der Waals surface area (Å²) in [6, 6.07) is 14.8. The van der Waals surface area contributed by atoms with Crippen molar-refractivity contribution in [3.63, 3.8) is 0 Å². The summed E-state index contributed by atoms with van der Waals surface area (Å²) in [4.78, 5) is 40.5. The number of hydrogen-bond acceptors (Lipinski definition) is 8. The van der Waals surface area contributed by atoms with Gasteiger partial charge in [-0.25, -0.2) is 23.2 Å². The fourth-order valence-corrected chi connectivity index (χ4v) is 6.15. The quantitative estimate of drug-likeness (QED) is 0.267. The predicted molar refractivity (Wildman–Crippen MR) is 149 cm³/mol. The Hall–Kier alpha value is -4.75. The molecule has 4 aromatic heterocycles. The van der Waals surface area contributed by atoms with Crippen molar-refractivity contribution in [2.75, 3.05) is 10.6 Å². The molecule has 39 heavy (non-hydrogen) atoms. The van der Waals surface area contributed by atoms with E-state index in [-0.39, 0.29) is 12.1 Å². The molecule has 0 aliphatic rings. The number of fused-ring (bicyclic) bond motifs is 1. The van der Waals surface area contributed by atoms with Crippen LogP contribution in [0.1, 0.15) is 4.88 Å². The van der Waals surface area contributed by atoms with E-state index in [0.717, 1.165) is 34.1 Å². The number of furan rings is 1. The molecular formula is C26H20N6O5S2. The second-order valence-corrected chi connectivity index (χ2v) is 11.7. The lowest BCUT2D eigenvalue weighted by atomic mass is 10.0. The van der Waals surface area contributed by atoms with E-state index in [9.17, 15) is 18.0 Å². The molecule has 0 amide bonds. The Morgan fingerprint density at radius 1 is 1.05 bits per heavy atom. The second kappa shape index (κ2) is 9.53. The number of thiazole rings is 1. The van der Waals surface area contributed by atoms with Crippen LogP contribution in [0.2, 0.25) is 0 Å². The lowest BCUT2D eigenvalue weighted by molar-refractivity contribution is 0.596. The van der Waals surface area contributed by atoms with Gasteiger partial charge in [0.1, 0.15) is 22.2 Å². The van der Waals surface area contributed by atoms with Crippen LogP contribution in [-0.4, -0.2) is 39.6 Å². The number of benzene rings is 2. The number of nitrogens with one attached hydrogen (secondary N) is 3. The molecule has 0 fully saturated rings. The number of nitrogens with zero attached hydrogens (tertiary/aromatic N) is 3. The molecule has 6 aromatic rings. The van der Waals surface area contributed by atoms with Crippen LogP contribution in [0.25, 0.3) is 44.3 Å². The van der Waals surface area contributed by atoms with Crippen molar-refractivity contribution in [1.29, 1.82) is 0 Å². The van der Waals surface area contributed by atoms with E-state index < -0.39 is 21.3 Å². The van der Waals surface area contributed by atoms with E-state index in [0.29, 0.717) is 32.7 Å². The highest BCUT2D eigenvalue weighted by atomic mass is 32.2. The Bertz CT molecular complexity index is 2020. The number of H-pyrrole nitrogens is 3. The summed E-state index contributed by atoms with van der Waals surface area (Å²) in [5.74, 6) is 1.25. The lowest BCUT2D eigenvalue weighted by Crippen LogP contribution is -2.28. The van der Waals surface area contributed by atoms with Crippen molar-refractivity contribution >= 4 is 38.0 Å². The number of imidazole rings is 1. The Balaban J connectivity index is 1.41. The molecule has 13 heteroatoms. The Morgan fingerprint density at radius 3 is 2.59 bits per heavy atom. The summed E-state index contributed by atoms with van der Waals surface area (Å²) in [5.41, 5.74) is 1.52. The van der Waals surface area contributed by atoms with E-state index in [1.54, 1.807) is 24.5 Å². The van der Waals surface area contributed by atoms with Gasteiger partial charge in [0, 0.05) is 46.7 Å². The van der Waals surface area contributed by atoms with Gasteiger partial charge >= 0.3 is 5.69 Å². The minimum absolute atomic E-state index is 0.0133. The van der Waals surface area contributed by atoms with Crippen LogP contribution in [0, 0.1) is 0 Å². The topological polar surface area (TPSA) is 158 Å². The molecule has 4 heterocycles. The molecule has 3 N–H and O–H groups in total. The maximum atomic E-state index is 12.9. The first-order valence-corrected chi connectivity index (χ1v) is 14.3. The SMILES string of the molecule is CS(=O)(=O)N(Cc1cnc(-c2c[nH]c(=O)[nH]c2=O)s1)c1ccc2c(-c3ncc[nH]3)c(-c3ccccc3)oc2c1. The Labute approximate surface area is 224 Å². The third-order valence-electron chi connectivity index (χ3n) is 6.04.